The van der Waals surface area contributed by atoms with E-state index in [1.165, 1.54) is 0 Å². The minimum absolute atomic E-state index is 0.0439. The molecule has 0 aromatic heterocycles. The molecule has 0 bridgehead atoms. The lowest BCUT2D eigenvalue weighted by atomic mass is 10.1. The van der Waals surface area contributed by atoms with E-state index in [1.54, 1.807) is 0 Å². The third-order valence-electron chi connectivity index (χ3n) is 1.83. The summed E-state index contributed by atoms with van der Waals surface area (Å²) in [6.07, 6.45) is -3.63. The van der Waals surface area contributed by atoms with Crippen LogP contribution >= 0.6 is 0 Å². The fraction of sp³-hybridized carbons (Fsp3) is 0.833. The number of rotatable bonds is 1. The Labute approximate surface area is 62.0 Å². The number of carbonyl (C=O) groups is 1. The summed E-state index contributed by atoms with van der Waals surface area (Å²) in [6.45, 7) is 0.0562. The highest BCUT2D eigenvalue weighted by Crippen LogP contribution is 2.32. The van der Waals surface area contributed by atoms with Crippen molar-refractivity contribution in [3.63, 3.8) is 0 Å². The Morgan fingerprint density at radius 2 is 2.09 bits per heavy atom. The van der Waals surface area contributed by atoms with Crippen molar-refractivity contribution in [1.29, 1.82) is 0 Å². The molecule has 1 aliphatic rings. The van der Waals surface area contributed by atoms with Gasteiger partial charge in [0.2, 0.25) is 6.41 Å². The highest BCUT2D eigenvalue weighted by Gasteiger charge is 2.43. The zero-order valence-electron chi connectivity index (χ0n) is 5.77. The molecule has 0 aromatic carbocycles. The molecular formula is C6H8F3NO. The highest BCUT2D eigenvalue weighted by molar-refractivity contribution is 5.47. The molecule has 1 saturated heterocycles. The number of halogens is 3. The summed E-state index contributed by atoms with van der Waals surface area (Å²) in [5.41, 5.74) is 0. The summed E-state index contributed by atoms with van der Waals surface area (Å²) in [6, 6.07) is 0. The van der Waals surface area contributed by atoms with E-state index in [1.807, 2.05) is 0 Å². The molecule has 1 fully saturated rings. The van der Waals surface area contributed by atoms with Crippen molar-refractivity contribution in [2.24, 2.45) is 5.92 Å². The number of likely N-dealkylation sites (tertiary alicyclic amines) is 1. The predicted molar refractivity (Wildman–Crippen MR) is 31.8 cm³/mol. The van der Waals surface area contributed by atoms with E-state index < -0.39 is 12.1 Å². The predicted octanol–water partition coefficient (Wildman–Crippen LogP) is 1.03. The van der Waals surface area contributed by atoms with Crippen molar-refractivity contribution in [3.05, 3.63) is 0 Å². The van der Waals surface area contributed by atoms with Crippen LogP contribution in [-0.4, -0.2) is 30.6 Å². The topological polar surface area (TPSA) is 20.3 Å². The van der Waals surface area contributed by atoms with Crippen molar-refractivity contribution >= 4 is 6.41 Å². The van der Waals surface area contributed by atoms with Crippen LogP contribution in [0.15, 0.2) is 0 Å². The second kappa shape index (κ2) is 2.71. The number of nitrogens with zero attached hydrogens (tertiary/aromatic N) is 1. The zero-order valence-corrected chi connectivity index (χ0v) is 5.77. The first kappa shape index (κ1) is 8.36. The van der Waals surface area contributed by atoms with Gasteiger partial charge in [-0.15, -0.1) is 0 Å². The van der Waals surface area contributed by atoms with Gasteiger partial charge in [0.25, 0.3) is 0 Å². The Morgan fingerprint density at radius 3 is 2.36 bits per heavy atom. The van der Waals surface area contributed by atoms with Gasteiger partial charge in [0.05, 0.1) is 5.92 Å². The lowest BCUT2D eigenvalue weighted by Crippen LogP contribution is -2.26. The van der Waals surface area contributed by atoms with E-state index in [2.05, 4.69) is 0 Å². The van der Waals surface area contributed by atoms with Gasteiger partial charge in [-0.1, -0.05) is 0 Å². The lowest BCUT2D eigenvalue weighted by molar-refractivity contribution is -0.170. The van der Waals surface area contributed by atoms with Crippen molar-refractivity contribution in [1.82, 2.24) is 4.90 Å². The molecule has 1 atom stereocenters. The number of carbonyl (C=O) groups excluding carboxylic acids is 1. The molecule has 1 heterocycles. The Kier molecular flexibility index (Phi) is 2.06. The molecule has 5 heteroatoms. The van der Waals surface area contributed by atoms with E-state index in [4.69, 9.17) is 0 Å². The quantitative estimate of drug-likeness (QED) is 0.534. The fourth-order valence-corrected chi connectivity index (χ4v) is 1.15. The minimum atomic E-state index is -4.14. The van der Waals surface area contributed by atoms with Gasteiger partial charge >= 0.3 is 6.18 Å². The van der Waals surface area contributed by atoms with Gasteiger partial charge in [-0.05, 0) is 6.42 Å². The number of hydrogen-bond acceptors (Lipinski definition) is 1. The van der Waals surface area contributed by atoms with Crippen LogP contribution in [0, 0.1) is 5.92 Å². The molecule has 1 aliphatic heterocycles. The average molecular weight is 167 g/mol. The molecule has 0 N–H and O–H groups in total. The third kappa shape index (κ3) is 1.85. The van der Waals surface area contributed by atoms with Crippen LogP contribution in [-0.2, 0) is 4.79 Å². The number of alkyl halides is 3. The van der Waals surface area contributed by atoms with E-state index in [0.717, 1.165) is 4.90 Å². The Bertz CT molecular complexity index is 156. The Morgan fingerprint density at radius 1 is 1.45 bits per heavy atom. The maximum Gasteiger partial charge on any atom is 0.393 e. The summed E-state index contributed by atoms with van der Waals surface area (Å²) >= 11 is 0. The largest absolute Gasteiger partial charge is 0.393 e. The summed E-state index contributed by atoms with van der Waals surface area (Å²) in [5, 5.41) is 0. The third-order valence-corrected chi connectivity index (χ3v) is 1.83. The summed E-state index contributed by atoms with van der Waals surface area (Å²) in [7, 11) is 0. The van der Waals surface area contributed by atoms with E-state index >= 15 is 0 Å². The van der Waals surface area contributed by atoms with Gasteiger partial charge in [0.1, 0.15) is 0 Å². The van der Waals surface area contributed by atoms with Crippen molar-refractivity contribution in [2.45, 2.75) is 12.6 Å². The second-order valence-corrected chi connectivity index (χ2v) is 2.63. The standard InChI is InChI=1S/C6H8F3NO/c7-6(8,9)5-1-2-10(3-5)4-11/h4-5H,1-3H2. The van der Waals surface area contributed by atoms with Gasteiger partial charge in [-0.3, -0.25) is 4.79 Å². The first-order valence-electron chi connectivity index (χ1n) is 3.30. The van der Waals surface area contributed by atoms with Crippen LogP contribution in [0.4, 0.5) is 13.2 Å². The van der Waals surface area contributed by atoms with Gasteiger partial charge in [0.15, 0.2) is 0 Å². The highest BCUT2D eigenvalue weighted by atomic mass is 19.4. The maximum atomic E-state index is 11.9. The molecule has 1 amide bonds. The van der Waals surface area contributed by atoms with Gasteiger partial charge in [-0.25, -0.2) is 0 Å². The summed E-state index contributed by atoms with van der Waals surface area (Å²) < 4.78 is 35.8. The summed E-state index contributed by atoms with van der Waals surface area (Å²) in [5.74, 6) is -1.31. The first-order valence-corrected chi connectivity index (χ1v) is 3.30. The van der Waals surface area contributed by atoms with Gasteiger partial charge in [0, 0.05) is 13.1 Å². The molecule has 0 radical (unpaired) electrons. The van der Waals surface area contributed by atoms with Crippen molar-refractivity contribution < 1.29 is 18.0 Å². The normalized spacial score (nSPS) is 25.7. The molecule has 0 aliphatic carbocycles. The number of hydrogen-bond donors (Lipinski definition) is 0. The Balaban J connectivity index is 2.48. The van der Waals surface area contributed by atoms with E-state index in [0.29, 0.717) is 6.41 Å². The molecule has 1 unspecified atom stereocenters. The lowest BCUT2D eigenvalue weighted by Gasteiger charge is -2.13. The monoisotopic (exact) mass is 167 g/mol. The number of amides is 1. The van der Waals surface area contributed by atoms with Crippen LogP contribution in [0.3, 0.4) is 0 Å². The molecule has 0 spiro atoms. The van der Waals surface area contributed by atoms with Gasteiger partial charge in [-0.2, -0.15) is 13.2 Å². The molecule has 1 rings (SSSR count). The van der Waals surface area contributed by atoms with E-state index in [-0.39, 0.29) is 19.5 Å². The van der Waals surface area contributed by atoms with Crippen LogP contribution in [0.5, 0.6) is 0 Å². The SMILES string of the molecule is O=CN1CCC(C(F)(F)F)C1. The zero-order chi connectivity index (χ0) is 8.48. The molecule has 64 valence electrons. The van der Waals surface area contributed by atoms with Crippen molar-refractivity contribution in [2.75, 3.05) is 13.1 Å². The van der Waals surface area contributed by atoms with Crippen LogP contribution < -0.4 is 0 Å². The summed E-state index contributed by atoms with van der Waals surface area (Å²) in [4.78, 5) is 11.2. The smallest absolute Gasteiger partial charge is 0.345 e. The maximum absolute atomic E-state index is 11.9. The second-order valence-electron chi connectivity index (χ2n) is 2.63. The van der Waals surface area contributed by atoms with Crippen LogP contribution in [0.2, 0.25) is 0 Å². The minimum Gasteiger partial charge on any atom is -0.345 e. The van der Waals surface area contributed by atoms with Crippen LogP contribution in [0.25, 0.3) is 0 Å². The molecule has 11 heavy (non-hydrogen) atoms. The molecule has 2 nitrogen and oxygen atoms in total. The van der Waals surface area contributed by atoms with Crippen molar-refractivity contribution in [3.8, 4) is 0 Å². The van der Waals surface area contributed by atoms with Crippen LogP contribution in [0.1, 0.15) is 6.42 Å². The fourth-order valence-electron chi connectivity index (χ4n) is 1.15. The molecule has 0 aromatic rings. The van der Waals surface area contributed by atoms with Gasteiger partial charge < -0.3 is 4.90 Å². The molecule has 0 saturated carbocycles. The molecular weight excluding hydrogens is 159 g/mol. The Hall–Kier alpha value is -0.740. The first-order chi connectivity index (χ1) is 5.04. The van der Waals surface area contributed by atoms with E-state index in [9.17, 15) is 18.0 Å². The average Bonchev–Trinajstić information content (AvgIpc) is 2.32.